The number of aromatic nitrogens is 1. The van der Waals surface area contributed by atoms with Crippen LogP contribution in [0.3, 0.4) is 0 Å². The number of ether oxygens (including phenoxy) is 1. The standard InChI is InChI=1S/C80H79N4OSi.Pt/c1-76(2,3)54-27-24-26-52(42-54)64-46-58(80(13,14)15)47-65(53-43-56(78(7,8)9)45-57(44-53)79(10,11)12)75(64)83-51-82(66-32-18-19-33-67(66)83)59-28-25-29-60(49-59)85-61-38-39-73-69(50-61)84(74-48-55(40-41-81-74)77(4,5)6)68-34-20-23-37-72(68)86(73)70-35-21-16-30-62(70)63-31-17-22-36-71(63)86;/h16-48,51H,1-15H3;/q-3;. The maximum absolute atomic E-state index is 7.10. The van der Waals surface area contributed by atoms with E-state index in [9.17, 15) is 0 Å². The van der Waals surface area contributed by atoms with E-state index in [4.69, 9.17) is 9.72 Å². The van der Waals surface area contributed by atoms with Crippen LogP contribution in [-0.4, -0.2) is 13.1 Å². The largest absolute Gasteiger partial charge is 0.509 e. The van der Waals surface area contributed by atoms with E-state index in [-0.39, 0.29) is 48.1 Å². The van der Waals surface area contributed by atoms with Gasteiger partial charge < -0.3 is 19.4 Å². The van der Waals surface area contributed by atoms with Crippen LogP contribution in [0, 0.1) is 18.8 Å². The van der Waals surface area contributed by atoms with Gasteiger partial charge in [-0.2, -0.15) is 12.1 Å². The molecule has 10 aromatic rings. The van der Waals surface area contributed by atoms with Gasteiger partial charge in [-0.25, -0.2) is 4.98 Å². The Morgan fingerprint density at radius 1 is 0.391 bits per heavy atom. The summed E-state index contributed by atoms with van der Waals surface area (Å²) in [7, 11) is -2.92. The summed E-state index contributed by atoms with van der Waals surface area (Å²) in [4.78, 5) is 12.2. The van der Waals surface area contributed by atoms with Gasteiger partial charge in [0, 0.05) is 72.6 Å². The molecule has 3 aliphatic rings. The molecule has 0 aliphatic carbocycles. The summed E-state index contributed by atoms with van der Waals surface area (Å²) in [6, 6.07) is 80.2. The molecule has 3 aliphatic heterocycles. The predicted octanol–water partition coefficient (Wildman–Crippen LogP) is 18.8. The molecule has 0 amide bonds. The van der Waals surface area contributed by atoms with Gasteiger partial charge in [0.1, 0.15) is 13.9 Å². The molecule has 0 radical (unpaired) electrons. The van der Waals surface area contributed by atoms with Crippen molar-refractivity contribution in [1.82, 2.24) is 4.98 Å². The fourth-order valence-electron chi connectivity index (χ4n) is 13.1. The predicted molar refractivity (Wildman–Crippen MR) is 365 cm³/mol. The smallest absolute Gasteiger partial charge is 0.135 e. The van der Waals surface area contributed by atoms with Crippen molar-refractivity contribution in [2.75, 3.05) is 14.7 Å². The molecule has 1 aromatic heterocycles. The number of fused-ring (bicyclic) bond motifs is 10. The van der Waals surface area contributed by atoms with Gasteiger partial charge in [-0.3, -0.25) is 0 Å². The van der Waals surface area contributed by atoms with Crippen LogP contribution in [-0.2, 0) is 48.1 Å². The summed E-state index contributed by atoms with van der Waals surface area (Å²) in [6.07, 6.45) is 1.95. The molecule has 0 bridgehead atoms. The van der Waals surface area contributed by atoms with Gasteiger partial charge in [0.25, 0.3) is 0 Å². The van der Waals surface area contributed by atoms with Crippen LogP contribution in [0.2, 0.25) is 0 Å². The van der Waals surface area contributed by atoms with Crippen molar-refractivity contribution in [2.45, 2.75) is 131 Å². The number of hydrogen-bond acceptors (Lipinski definition) is 5. The number of para-hydroxylation sites is 3. The third-order valence-electron chi connectivity index (χ3n) is 18.0. The average molecular weight is 1340 g/mol. The Labute approximate surface area is 533 Å². The average Bonchev–Trinajstić information content (AvgIpc) is 1.62. The van der Waals surface area contributed by atoms with Crippen molar-refractivity contribution in [1.29, 1.82) is 0 Å². The molecule has 4 heterocycles. The van der Waals surface area contributed by atoms with Crippen molar-refractivity contribution >= 4 is 68.8 Å². The van der Waals surface area contributed by atoms with E-state index >= 15 is 0 Å². The number of benzene rings is 9. The summed E-state index contributed by atoms with van der Waals surface area (Å²) in [5.41, 5.74) is 19.5. The molecule has 442 valence electrons. The molecule has 13 rings (SSSR count). The quantitative estimate of drug-likeness (QED) is 0.117. The van der Waals surface area contributed by atoms with Crippen LogP contribution in [0.4, 0.5) is 39.9 Å². The Morgan fingerprint density at radius 3 is 1.49 bits per heavy atom. The summed E-state index contributed by atoms with van der Waals surface area (Å²) in [5, 5.41) is 5.37. The SMILES string of the molecule is CC(C)(C)c1cccc(-c2cc(C(C)(C)C)cc(-c3cc(C(C)(C)C)cc(C(C)(C)C)c3)c2N2[CH-]N(c3[c-]c(Oc4[c-]c5c(cc4)[Si]4(c6ccccc6-c6ccccc64)c4ccccc4N5c4cc(C(C)(C)C)ccn4)ccc3)c3ccccc32)c1.[Pt]. The first-order chi connectivity index (χ1) is 40.8. The monoisotopic (exact) mass is 1330 g/mol. The molecule has 0 unspecified atom stereocenters. The molecule has 87 heavy (non-hydrogen) atoms. The molecule has 0 saturated carbocycles. The Morgan fingerprint density at radius 2 is 0.885 bits per heavy atom. The molecule has 0 atom stereocenters. The molecular weight excluding hydrogens is 1260 g/mol. The molecule has 7 heteroatoms. The van der Waals surface area contributed by atoms with Crippen molar-refractivity contribution < 1.29 is 25.8 Å². The number of anilines is 7. The summed E-state index contributed by atoms with van der Waals surface area (Å²) < 4.78 is 7.10. The second-order valence-electron chi connectivity index (χ2n) is 29.1. The van der Waals surface area contributed by atoms with Crippen molar-refractivity contribution in [2.24, 2.45) is 0 Å². The molecule has 0 N–H and O–H groups in total. The molecule has 9 aromatic carbocycles. The zero-order valence-electron chi connectivity index (χ0n) is 53.1. The van der Waals surface area contributed by atoms with Crippen molar-refractivity contribution in [3.63, 3.8) is 0 Å². The van der Waals surface area contributed by atoms with Crippen LogP contribution < -0.4 is 40.2 Å². The maximum atomic E-state index is 7.10. The van der Waals surface area contributed by atoms with Crippen LogP contribution in [0.1, 0.15) is 132 Å². The number of nitrogens with zero attached hydrogens (tertiary/aromatic N) is 4. The van der Waals surface area contributed by atoms with Crippen LogP contribution in [0.5, 0.6) is 11.5 Å². The molecule has 0 saturated heterocycles. The van der Waals surface area contributed by atoms with E-state index in [1.807, 2.05) is 12.3 Å². The van der Waals surface area contributed by atoms with Crippen LogP contribution in [0.15, 0.2) is 200 Å². The van der Waals surface area contributed by atoms with E-state index < -0.39 is 8.07 Å². The Bertz CT molecular complexity index is 4240. The number of hydrogen-bond donors (Lipinski definition) is 0. The fraction of sp³-hybridized carbons (Fsp3) is 0.250. The van der Waals surface area contributed by atoms with Gasteiger partial charge in [-0.1, -0.05) is 231 Å². The zero-order valence-corrected chi connectivity index (χ0v) is 56.4. The Kier molecular flexibility index (Phi) is 14.7. The minimum absolute atomic E-state index is 0. The maximum Gasteiger partial charge on any atom is 0.135 e. The summed E-state index contributed by atoms with van der Waals surface area (Å²) in [5.74, 6) is 2.04. The van der Waals surface area contributed by atoms with Gasteiger partial charge in [0.15, 0.2) is 0 Å². The second-order valence-corrected chi connectivity index (χ2v) is 32.7. The minimum Gasteiger partial charge on any atom is -0.509 e. The van der Waals surface area contributed by atoms with E-state index in [1.54, 1.807) is 0 Å². The molecule has 0 fully saturated rings. The van der Waals surface area contributed by atoms with E-state index in [2.05, 4.69) is 325 Å². The minimum atomic E-state index is -2.92. The van der Waals surface area contributed by atoms with Gasteiger partial charge in [0.05, 0.1) is 0 Å². The van der Waals surface area contributed by atoms with Crippen molar-refractivity contribution in [3.05, 3.63) is 247 Å². The van der Waals surface area contributed by atoms with Crippen molar-refractivity contribution in [3.8, 4) is 44.9 Å². The Hall–Kier alpha value is -7.76. The van der Waals surface area contributed by atoms with E-state index in [0.29, 0.717) is 11.5 Å². The first-order valence-corrected chi connectivity index (χ1v) is 32.6. The Balaban J connectivity index is 0.00000739. The second kappa shape index (κ2) is 21.5. The fourth-order valence-corrected chi connectivity index (χ4v) is 18.6. The van der Waals surface area contributed by atoms with Crippen LogP contribution in [0.25, 0.3) is 33.4 Å². The first kappa shape index (κ1) is 59.6. The van der Waals surface area contributed by atoms with Gasteiger partial charge in [-0.05, 0) is 135 Å². The summed E-state index contributed by atoms with van der Waals surface area (Å²) >= 11 is 0. The first-order valence-electron chi connectivity index (χ1n) is 30.6. The van der Waals surface area contributed by atoms with Gasteiger partial charge >= 0.3 is 0 Å². The molecular formula is C80H79N4OPtSi-3. The number of pyridine rings is 1. The topological polar surface area (TPSA) is 31.8 Å². The molecule has 1 spiro atoms. The normalized spacial score (nSPS) is 14.3. The van der Waals surface area contributed by atoms with E-state index in [0.717, 1.165) is 39.9 Å². The number of rotatable bonds is 7. The summed E-state index contributed by atoms with van der Waals surface area (Å²) in [6.45, 7) is 37.0. The van der Waals surface area contributed by atoms with Gasteiger partial charge in [0.2, 0.25) is 0 Å². The van der Waals surface area contributed by atoms with Gasteiger partial charge in [-0.15, -0.1) is 47.9 Å². The third-order valence-corrected chi connectivity index (χ3v) is 22.9. The zero-order chi connectivity index (χ0) is 60.5. The molecule has 5 nitrogen and oxygen atoms in total. The van der Waals surface area contributed by atoms with Crippen LogP contribution >= 0.6 is 0 Å². The third kappa shape index (κ3) is 10.4. The van der Waals surface area contributed by atoms with E-state index in [1.165, 1.54) is 81.9 Å².